The number of para-hydroxylation sites is 2. The van der Waals surface area contributed by atoms with E-state index in [1.54, 1.807) is 12.3 Å². The molecule has 0 radical (unpaired) electrons. The lowest BCUT2D eigenvalue weighted by molar-refractivity contribution is 0.465. The Balaban J connectivity index is 1.62. The molecule has 1 atom stereocenters. The molecule has 0 fully saturated rings. The second-order valence-electron chi connectivity index (χ2n) is 6.45. The lowest BCUT2D eigenvalue weighted by Crippen LogP contribution is -2.17. The van der Waals surface area contributed by atoms with E-state index in [1.165, 1.54) is 0 Å². The highest BCUT2D eigenvalue weighted by molar-refractivity contribution is 6.04. The first-order valence-electron chi connectivity index (χ1n) is 8.78. The van der Waals surface area contributed by atoms with Crippen molar-refractivity contribution in [3.05, 3.63) is 101 Å². The van der Waals surface area contributed by atoms with E-state index in [9.17, 15) is 4.79 Å². The zero-order chi connectivity index (χ0) is 18.2. The highest BCUT2D eigenvalue weighted by atomic mass is 16.4. The number of anilines is 1. The van der Waals surface area contributed by atoms with Crippen molar-refractivity contribution in [1.29, 1.82) is 0 Å². The van der Waals surface area contributed by atoms with Crippen LogP contribution in [0.25, 0.3) is 11.0 Å². The first-order chi connectivity index (χ1) is 13.3. The van der Waals surface area contributed by atoms with Gasteiger partial charge in [0.1, 0.15) is 17.4 Å². The minimum absolute atomic E-state index is 0.108. The second kappa shape index (κ2) is 6.29. The van der Waals surface area contributed by atoms with Crippen molar-refractivity contribution in [3.63, 3.8) is 0 Å². The smallest absolute Gasteiger partial charge is 0.345 e. The molecule has 1 aliphatic heterocycles. The summed E-state index contributed by atoms with van der Waals surface area (Å²) >= 11 is 0. The van der Waals surface area contributed by atoms with Crippen molar-refractivity contribution >= 4 is 22.4 Å². The third kappa shape index (κ3) is 2.73. The molecule has 4 aromatic rings. The first kappa shape index (κ1) is 15.6. The number of hydrogen-bond acceptors (Lipinski definition) is 5. The molecular formula is C22H16N2O3. The molecule has 0 bridgehead atoms. The van der Waals surface area contributed by atoms with Crippen molar-refractivity contribution in [1.82, 2.24) is 0 Å². The van der Waals surface area contributed by atoms with Crippen LogP contribution in [0, 0.1) is 0 Å². The topological polar surface area (TPSA) is 59.0 Å². The SMILES string of the molecule is O=c1oc2ccccc2cc1C1=NN(c2ccccc2)C(c2ccco2)C1. The number of fused-ring (bicyclic) bond motifs is 1. The van der Waals surface area contributed by atoms with Crippen LogP contribution in [0.15, 0.2) is 97.8 Å². The van der Waals surface area contributed by atoms with Gasteiger partial charge in [0, 0.05) is 11.8 Å². The molecule has 0 spiro atoms. The normalized spacial score (nSPS) is 16.7. The average molecular weight is 356 g/mol. The number of rotatable bonds is 3. The van der Waals surface area contributed by atoms with Crippen LogP contribution in [0.2, 0.25) is 0 Å². The Bertz CT molecular complexity index is 1180. The van der Waals surface area contributed by atoms with E-state index in [0.717, 1.165) is 16.8 Å². The molecule has 0 N–H and O–H groups in total. The molecule has 2 aromatic carbocycles. The van der Waals surface area contributed by atoms with Crippen molar-refractivity contribution < 1.29 is 8.83 Å². The fraction of sp³-hybridized carbons (Fsp3) is 0.0909. The van der Waals surface area contributed by atoms with Crippen molar-refractivity contribution in [2.24, 2.45) is 5.10 Å². The number of furan rings is 1. The van der Waals surface area contributed by atoms with Gasteiger partial charge in [-0.3, -0.25) is 5.01 Å². The third-order valence-corrected chi connectivity index (χ3v) is 4.76. The molecule has 0 aliphatic carbocycles. The van der Waals surface area contributed by atoms with E-state index in [2.05, 4.69) is 0 Å². The summed E-state index contributed by atoms with van der Waals surface area (Å²) < 4.78 is 11.1. The fourth-order valence-corrected chi connectivity index (χ4v) is 3.46. The summed E-state index contributed by atoms with van der Waals surface area (Å²) in [5.41, 5.74) is 2.33. The van der Waals surface area contributed by atoms with E-state index in [-0.39, 0.29) is 11.7 Å². The van der Waals surface area contributed by atoms with Gasteiger partial charge >= 0.3 is 5.63 Å². The van der Waals surface area contributed by atoms with Crippen LogP contribution in [0.3, 0.4) is 0 Å². The van der Waals surface area contributed by atoms with Crippen LogP contribution in [0.1, 0.15) is 23.8 Å². The highest BCUT2D eigenvalue weighted by Crippen LogP contribution is 2.36. The first-order valence-corrected chi connectivity index (χ1v) is 8.78. The average Bonchev–Trinajstić information content (AvgIpc) is 3.38. The number of hydrogen-bond donors (Lipinski definition) is 0. The number of nitrogens with zero attached hydrogens (tertiary/aromatic N) is 2. The molecule has 0 amide bonds. The van der Waals surface area contributed by atoms with Gasteiger partial charge < -0.3 is 8.83 Å². The number of benzene rings is 2. The van der Waals surface area contributed by atoms with E-state index in [0.29, 0.717) is 23.3 Å². The monoisotopic (exact) mass is 356 g/mol. The summed E-state index contributed by atoms with van der Waals surface area (Å²) in [6.07, 6.45) is 2.21. The van der Waals surface area contributed by atoms with Crippen molar-refractivity contribution in [3.8, 4) is 0 Å². The molecule has 5 heteroatoms. The van der Waals surface area contributed by atoms with Crippen LogP contribution < -0.4 is 10.6 Å². The van der Waals surface area contributed by atoms with Gasteiger partial charge in [0.2, 0.25) is 0 Å². The zero-order valence-electron chi connectivity index (χ0n) is 14.4. The number of hydrazone groups is 1. The van der Waals surface area contributed by atoms with Crippen LogP contribution in [-0.2, 0) is 0 Å². The quantitative estimate of drug-likeness (QED) is 0.497. The van der Waals surface area contributed by atoms with Crippen molar-refractivity contribution in [2.45, 2.75) is 12.5 Å². The summed E-state index contributed by atoms with van der Waals surface area (Å²) in [7, 11) is 0. The Kier molecular flexibility index (Phi) is 3.64. The molecule has 5 rings (SSSR count). The van der Waals surface area contributed by atoms with Gasteiger partial charge in [-0.1, -0.05) is 36.4 Å². The summed E-state index contributed by atoms with van der Waals surface area (Å²) in [5.74, 6) is 0.808. The molecule has 27 heavy (non-hydrogen) atoms. The maximum Gasteiger partial charge on any atom is 0.345 e. The minimum atomic E-state index is -0.374. The Morgan fingerprint density at radius 3 is 2.59 bits per heavy atom. The summed E-state index contributed by atoms with van der Waals surface area (Å²) in [5, 5.41) is 7.55. The summed E-state index contributed by atoms with van der Waals surface area (Å²) in [6, 6.07) is 22.9. The minimum Gasteiger partial charge on any atom is -0.467 e. The molecule has 5 nitrogen and oxygen atoms in total. The van der Waals surface area contributed by atoms with Crippen LogP contribution >= 0.6 is 0 Å². The zero-order valence-corrected chi connectivity index (χ0v) is 14.4. The predicted molar refractivity (Wildman–Crippen MR) is 104 cm³/mol. The second-order valence-corrected chi connectivity index (χ2v) is 6.45. The Morgan fingerprint density at radius 1 is 0.963 bits per heavy atom. The third-order valence-electron chi connectivity index (χ3n) is 4.76. The van der Waals surface area contributed by atoms with E-state index < -0.39 is 0 Å². The standard InChI is InChI=1S/C22H16N2O3/c25-22-17(13-15-7-4-5-10-20(15)27-22)18-14-19(21-11-6-12-26-21)24(23-18)16-8-2-1-3-9-16/h1-13,19H,14H2. The lowest BCUT2D eigenvalue weighted by Gasteiger charge is -2.21. The van der Waals surface area contributed by atoms with E-state index in [1.807, 2.05) is 71.7 Å². The van der Waals surface area contributed by atoms with E-state index in [4.69, 9.17) is 13.9 Å². The van der Waals surface area contributed by atoms with Gasteiger partial charge in [-0.05, 0) is 36.4 Å². The fourth-order valence-electron chi connectivity index (χ4n) is 3.46. The molecule has 1 aliphatic rings. The largest absolute Gasteiger partial charge is 0.467 e. The van der Waals surface area contributed by atoms with Crippen LogP contribution in [0.4, 0.5) is 5.69 Å². The van der Waals surface area contributed by atoms with Gasteiger partial charge in [-0.2, -0.15) is 5.10 Å². The Hall–Kier alpha value is -3.60. The summed E-state index contributed by atoms with van der Waals surface area (Å²) in [6.45, 7) is 0. The summed E-state index contributed by atoms with van der Waals surface area (Å²) in [4.78, 5) is 12.6. The molecule has 3 heterocycles. The van der Waals surface area contributed by atoms with Gasteiger partial charge in [0.25, 0.3) is 0 Å². The van der Waals surface area contributed by atoms with Crippen molar-refractivity contribution in [2.75, 3.05) is 5.01 Å². The van der Waals surface area contributed by atoms with Crippen LogP contribution in [0.5, 0.6) is 0 Å². The predicted octanol–water partition coefficient (Wildman–Crippen LogP) is 4.74. The molecular weight excluding hydrogens is 340 g/mol. The highest BCUT2D eigenvalue weighted by Gasteiger charge is 2.33. The Labute approximate surface area is 155 Å². The molecule has 2 aromatic heterocycles. The molecule has 0 saturated heterocycles. The maximum atomic E-state index is 12.6. The van der Waals surface area contributed by atoms with Gasteiger partial charge in [-0.15, -0.1) is 0 Å². The Morgan fingerprint density at radius 2 is 1.78 bits per heavy atom. The lowest BCUT2D eigenvalue weighted by atomic mass is 10.0. The van der Waals surface area contributed by atoms with Crippen LogP contribution in [-0.4, -0.2) is 5.71 Å². The van der Waals surface area contributed by atoms with Gasteiger partial charge in [-0.25, -0.2) is 4.79 Å². The van der Waals surface area contributed by atoms with Gasteiger partial charge in [0.05, 0.1) is 23.2 Å². The molecule has 0 saturated carbocycles. The van der Waals surface area contributed by atoms with E-state index >= 15 is 0 Å². The molecule has 1 unspecified atom stereocenters. The molecule has 132 valence electrons. The maximum absolute atomic E-state index is 12.6. The van der Waals surface area contributed by atoms with Gasteiger partial charge in [0.15, 0.2) is 0 Å².